The minimum atomic E-state index is -0.924. The van der Waals surface area contributed by atoms with Gasteiger partial charge in [-0.2, -0.15) is 4.98 Å². The molecule has 1 fully saturated rings. The van der Waals surface area contributed by atoms with Gasteiger partial charge in [0.15, 0.2) is 0 Å². The van der Waals surface area contributed by atoms with Crippen LogP contribution in [-0.4, -0.2) is 53.3 Å². The van der Waals surface area contributed by atoms with E-state index in [9.17, 15) is 13.6 Å². The molecule has 34 heavy (non-hydrogen) atoms. The minimum absolute atomic E-state index is 0.163. The highest BCUT2D eigenvalue weighted by Crippen LogP contribution is 2.38. The third-order valence-corrected chi connectivity index (χ3v) is 6.32. The van der Waals surface area contributed by atoms with Crippen LogP contribution in [0.5, 0.6) is 5.75 Å². The predicted octanol–water partition coefficient (Wildman–Crippen LogP) is 3.03. The topological polar surface area (TPSA) is 97.5 Å². The van der Waals surface area contributed by atoms with Gasteiger partial charge >= 0.3 is 0 Å². The van der Waals surface area contributed by atoms with Crippen LogP contribution in [0.25, 0.3) is 11.3 Å². The molecule has 1 atom stereocenters. The lowest BCUT2D eigenvalue weighted by Crippen LogP contribution is -2.45. The maximum absolute atomic E-state index is 14.8. The van der Waals surface area contributed by atoms with E-state index in [4.69, 9.17) is 10.5 Å². The molecule has 2 N–H and O–H groups in total. The van der Waals surface area contributed by atoms with Gasteiger partial charge in [-0.15, -0.1) is 0 Å². The van der Waals surface area contributed by atoms with Crippen molar-refractivity contribution in [1.82, 2.24) is 15.0 Å². The number of pyridine rings is 1. The third-order valence-electron chi connectivity index (χ3n) is 6.32. The van der Waals surface area contributed by atoms with Crippen LogP contribution in [0.2, 0.25) is 0 Å². The first-order chi connectivity index (χ1) is 16.3. The fraction of sp³-hybridized carbons (Fsp3) is 0.333. The normalized spacial score (nSPS) is 19.6. The molecule has 1 saturated heterocycles. The molecule has 5 rings (SSSR count). The number of halogens is 2. The lowest BCUT2D eigenvalue weighted by Gasteiger charge is -2.23. The number of carbonyl (C=O) groups excluding carboxylic acids is 1. The molecule has 2 aliphatic heterocycles. The van der Waals surface area contributed by atoms with Gasteiger partial charge in [0.1, 0.15) is 24.1 Å². The Balaban J connectivity index is 1.52. The highest BCUT2D eigenvalue weighted by Gasteiger charge is 2.37. The Morgan fingerprint density at radius 1 is 1.26 bits per heavy atom. The second-order valence-corrected chi connectivity index (χ2v) is 8.73. The van der Waals surface area contributed by atoms with Crippen molar-refractivity contribution in [2.24, 2.45) is 5.73 Å². The average molecular weight is 466 g/mol. The van der Waals surface area contributed by atoms with E-state index in [1.807, 2.05) is 4.90 Å². The summed E-state index contributed by atoms with van der Waals surface area (Å²) in [5, 5.41) is 0. The predicted molar refractivity (Wildman–Crippen MR) is 123 cm³/mol. The standard InChI is InChI=1S/C24H24F2N6O2/c1-14-10-19(30-23(29-14)31-9-7-24(27,12-25)13-31)32-11-16-15(22(32)33)6-8-28-21(16)20-17(26)4-3-5-18(20)34-2/h3-6,8,10H,7,9,11-13,27H2,1-2H3. The Bertz CT molecular complexity index is 1290. The zero-order valence-corrected chi connectivity index (χ0v) is 18.9. The van der Waals surface area contributed by atoms with Crippen LogP contribution < -0.4 is 20.3 Å². The molecule has 3 aromatic rings. The molecule has 176 valence electrons. The summed E-state index contributed by atoms with van der Waals surface area (Å²) in [4.78, 5) is 30.2. The van der Waals surface area contributed by atoms with Crippen LogP contribution in [0.1, 0.15) is 28.0 Å². The molecule has 1 amide bonds. The van der Waals surface area contributed by atoms with Crippen molar-refractivity contribution < 1.29 is 18.3 Å². The number of nitrogens with zero attached hydrogens (tertiary/aromatic N) is 5. The highest BCUT2D eigenvalue weighted by molar-refractivity contribution is 6.10. The molecule has 4 heterocycles. The van der Waals surface area contributed by atoms with E-state index >= 15 is 0 Å². The van der Waals surface area contributed by atoms with E-state index in [1.165, 1.54) is 24.3 Å². The number of benzene rings is 1. The zero-order valence-electron chi connectivity index (χ0n) is 18.9. The Hall–Kier alpha value is -3.66. The molecule has 2 aromatic heterocycles. The van der Waals surface area contributed by atoms with Crippen molar-refractivity contribution in [3.05, 3.63) is 59.2 Å². The second kappa shape index (κ2) is 8.28. The number of hydrogen-bond donors (Lipinski definition) is 1. The molecule has 8 nitrogen and oxygen atoms in total. The number of alkyl halides is 1. The van der Waals surface area contributed by atoms with Crippen molar-refractivity contribution in [2.75, 3.05) is 36.7 Å². The number of aryl methyl sites for hydroxylation is 1. The minimum Gasteiger partial charge on any atom is -0.496 e. The Labute approximate surface area is 195 Å². The quantitative estimate of drug-likeness (QED) is 0.617. The molecule has 0 radical (unpaired) electrons. The van der Waals surface area contributed by atoms with Crippen molar-refractivity contribution in [1.29, 1.82) is 0 Å². The summed E-state index contributed by atoms with van der Waals surface area (Å²) in [5.41, 5.74) is 7.40. The van der Waals surface area contributed by atoms with Gasteiger partial charge in [-0.05, 0) is 31.5 Å². The number of ether oxygens (including phenoxy) is 1. The lowest BCUT2D eigenvalue weighted by atomic mass is 10.0. The smallest absolute Gasteiger partial charge is 0.260 e. The monoisotopic (exact) mass is 466 g/mol. The summed E-state index contributed by atoms with van der Waals surface area (Å²) < 4.78 is 33.5. The van der Waals surface area contributed by atoms with Gasteiger partial charge in [-0.1, -0.05) is 6.07 Å². The summed E-state index contributed by atoms with van der Waals surface area (Å²) in [6.07, 6.45) is 1.98. The van der Waals surface area contributed by atoms with Crippen LogP contribution in [0.4, 0.5) is 20.5 Å². The van der Waals surface area contributed by atoms with E-state index in [0.29, 0.717) is 59.5 Å². The van der Waals surface area contributed by atoms with Crippen LogP contribution in [0.3, 0.4) is 0 Å². The van der Waals surface area contributed by atoms with Crippen molar-refractivity contribution in [3.63, 3.8) is 0 Å². The fourth-order valence-electron chi connectivity index (χ4n) is 4.52. The summed E-state index contributed by atoms with van der Waals surface area (Å²) in [7, 11) is 1.46. The average Bonchev–Trinajstić information content (AvgIpc) is 3.40. The first-order valence-electron chi connectivity index (χ1n) is 10.9. The number of hydrogen-bond acceptors (Lipinski definition) is 7. The van der Waals surface area contributed by atoms with Gasteiger partial charge < -0.3 is 15.4 Å². The third kappa shape index (κ3) is 3.63. The van der Waals surface area contributed by atoms with Crippen LogP contribution in [0, 0.1) is 12.7 Å². The lowest BCUT2D eigenvalue weighted by molar-refractivity contribution is 0.0996. The van der Waals surface area contributed by atoms with E-state index in [2.05, 4.69) is 15.0 Å². The zero-order chi connectivity index (χ0) is 24.0. The number of methoxy groups -OCH3 is 1. The van der Waals surface area contributed by atoms with Crippen molar-refractivity contribution in [3.8, 4) is 17.0 Å². The van der Waals surface area contributed by atoms with Gasteiger partial charge in [0.25, 0.3) is 5.91 Å². The molecule has 2 aliphatic rings. The maximum atomic E-state index is 14.8. The number of aromatic nitrogens is 3. The van der Waals surface area contributed by atoms with Gasteiger partial charge in [-0.3, -0.25) is 14.7 Å². The van der Waals surface area contributed by atoms with E-state index in [-0.39, 0.29) is 18.0 Å². The van der Waals surface area contributed by atoms with Gasteiger partial charge in [0, 0.05) is 42.2 Å². The van der Waals surface area contributed by atoms with Crippen LogP contribution in [-0.2, 0) is 6.54 Å². The summed E-state index contributed by atoms with van der Waals surface area (Å²) in [6, 6.07) is 7.87. The molecule has 1 aromatic carbocycles. The fourth-order valence-corrected chi connectivity index (χ4v) is 4.52. The van der Waals surface area contributed by atoms with E-state index in [0.717, 1.165) is 0 Å². The van der Waals surface area contributed by atoms with E-state index < -0.39 is 18.0 Å². The summed E-state index contributed by atoms with van der Waals surface area (Å²) >= 11 is 0. The largest absolute Gasteiger partial charge is 0.496 e. The van der Waals surface area contributed by atoms with Gasteiger partial charge in [0.05, 0.1) is 30.5 Å². The highest BCUT2D eigenvalue weighted by atomic mass is 19.1. The Morgan fingerprint density at radius 2 is 2.09 bits per heavy atom. The second-order valence-electron chi connectivity index (χ2n) is 8.73. The van der Waals surface area contributed by atoms with Crippen LogP contribution in [0.15, 0.2) is 36.5 Å². The van der Waals surface area contributed by atoms with Crippen molar-refractivity contribution in [2.45, 2.75) is 25.4 Å². The number of amides is 1. The number of anilines is 2. The molecule has 0 bridgehead atoms. The van der Waals surface area contributed by atoms with Gasteiger partial charge in [0.2, 0.25) is 5.95 Å². The maximum Gasteiger partial charge on any atom is 0.260 e. The molecule has 1 unspecified atom stereocenters. The molecule has 10 heteroatoms. The SMILES string of the molecule is COc1cccc(F)c1-c1nccc2c1CN(c1cc(C)nc(N3CCC(N)(CF)C3)n1)C2=O. The number of fused-ring (bicyclic) bond motifs is 1. The van der Waals surface area contributed by atoms with Crippen molar-refractivity contribution >= 4 is 17.7 Å². The first kappa shape index (κ1) is 22.1. The molecule has 0 aliphatic carbocycles. The molecular formula is C24H24F2N6O2. The number of carbonyl (C=O) groups is 1. The number of rotatable bonds is 5. The summed E-state index contributed by atoms with van der Waals surface area (Å²) in [5.74, 6) is 0.382. The van der Waals surface area contributed by atoms with Gasteiger partial charge in [-0.25, -0.2) is 13.8 Å². The Morgan fingerprint density at radius 3 is 2.82 bits per heavy atom. The molecular weight excluding hydrogens is 442 g/mol. The molecule has 0 saturated carbocycles. The molecule has 0 spiro atoms. The van der Waals surface area contributed by atoms with E-state index in [1.54, 1.807) is 31.2 Å². The number of nitrogens with two attached hydrogens (primary N) is 1. The Kier molecular flexibility index (Phi) is 5.40. The first-order valence-corrected chi connectivity index (χ1v) is 10.9. The van der Waals surface area contributed by atoms with Crippen LogP contribution >= 0.6 is 0 Å². The summed E-state index contributed by atoms with van der Waals surface area (Å²) in [6.45, 7) is 2.16.